The molecule has 0 radical (unpaired) electrons. The Kier molecular flexibility index (Phi) is 10.1. The lowest BCUT2D eigenvalue weighted by molar-refractivity contribution is -0.605. The molecule has 1 N–H and O–H groups in total. The van der Waals surface area contributed by atoms with Crippen LogP contribution in [0.4, 0.5) is 4.79 Å². The lowest BCUT2D eigenvalue weighted by Gasteiger charge is -2.47. The highest BCUT2D eigenvalue weighted by molar-refractivity contribution is 6.00. The predicted molar refractivity (Wildman–Crippen MR) is 202 cm³/mol. The van der Waals surface area contributed by atoms with E-state index in [0.717, 1.165) is 69.4 Å². The van der Waals surface area contributed by atoms with Crippen LogP contribution in [0.2, 0.25) is 0 Å². The summed E-state index contributed by atoms with van der Waals surface area (Å²) in [5, 5.41) is 16.4. The molecule has 3 aromatic heterocycles. The highest BCUT2D eigenvalue weighted by Crippen LogP contribution is 2.42. The van der Waals surface area contributed by atoms with Gasteiger partial charge in [-0.15, -0.1) is 0 Å². The maximum Gasteiger partial charge on any atom is 0.419 e. The van der Waals surface area contributed by atoms with E-state index in [9.17, 15) is 14.8 Å². The lowest BCUT2D eigenvalue weighted by atomic mass is 9.77. The first kappa shape index (κ1) is 36.5. The van der Waals surface area contributed by atoms with Crippen molar-refractivity contribution in [2.24, 2.45) is 5.92 Å². The number of aromatic nitrogens is 3. The van der Waals surface area contributed by atoms with E-state index in [1.165, 1.54) is 25.2 Å². The number of rotatable bonds is 9. The van der Waals surface area contributed by atoms with Crippen LogP contribution in [-0.2, 0) is 14.9 Å². The predicted octanol–water partition coefficient (Wildman–Crippen LogP) is 8.26. The summed E-state index contributed by atoms with van der Waals surface area (Å²) in [6.45, 7) is 19.5. The van der Waals surface area contributed by atoms with E-state index in [-0.39, 0.29) is 17.9 Å². The van der Waals surface area contributed by atoms with Crippen molar-refractivity contribution in [3.8, 4) is 11.3 Å². The smallest absolute Gasteiger partial charge is 0.419 e. The summed E-state index contributed by atoms with van der Waals surface area (Å²) in [5.74, 6) is 0.632. The van der Waals surface area contributed by atoms with Crippen LogP contribution >= 0.6 is 0 Å². The highest BCUT2D eigenvalue weighted by Gasteiger charge is 2.43. The second kappa shape index (κ2) is 14.1. The van der Waals surface area contributed by atoms with Gasteiger partial charge in [-0.3, -0.25) is 9.78 Å². The third kappa shape index (κ3) is 7.41. The molecule has 1 aliphatic carbocycles. The number of pyridine rings is 2. The van der Waals surface area contributed by atoms with Gasteiger partial charge in [-0.25, -0.2) is 9.36 Å². The number of hydrogen-bond donors (Lipinski definition) is 1. The molecule has 1 aromatic carbocycles. The van der Waals surface area contributed by atoms with Crippen molar-refractivity contribution in [3.63, 3.8) is 0 Å². The minimum absolute atomic E-state index is 0.0335. The van der Waals surface area contributed by atoms with Crippen LogP contribution in [0.3, 0.4) is 0 Å². The van der Waals surface area contributed by atoms with Gasteiger partial charge < -0.3 is 20.2 Å². The number of fused-ring (bicyclic) bond motifs is 4. The molecule has 272 valence electrons. The molecule has 3 aliphatic rings. The summed E-state index contributed by atoms with van der Waals surface area (Å²) in [6.07, 6.45) is 9.74. The van der Waals surface area contributed by atoms with Gasteiger partial charge in [0.2, 0.25) is 5.91 Å². The summed E-state index contributed by atoms with van der Waals surface area (Å²) in [5.41, 5.74) is 5.69. The number of nitrogens with one attached hydrogen (secondary N) is 1. The number of amides is 1. The maximum absolute atomic E-state index is 14.3. The number of carbonyl (C=O) groups is 2. The summed E-state index contributed by atoms with van der Waals surface area (Å²) >= 11 is 0. The molecule has 7 rings (SSSR count). The van der Waals surface area contributed by atoms with Gasteiger partial charge in [0, 0.05) is 42.7 Å². The molecule has 2 unspecified atom stereocenters. The number of piperidine rings is 2. The van der Waals surface area contributed by atoms with Gasteiger partial charge >= 0.3 is 6.09 Å². The first-order valence-electron chi connectivity index (χ1n) is 18.7. The van der Waals surface area contributed by atoms with Crippen LogP contribution in [0.15, 0.2) is 55.0 Å². The Morgan fingerprint density at radius 3 is 2.24 bits per heavy atom. The minimum atomic E-state index is -0.864. The van der Waals surface area contributed by atoms with Crippen molar-refractivity contribution in [1.29, 1.82) is 0 Å². The van der Waals surface area contributed by atoms with Crippen LogP contribution in [0, 0.1) is 25.0 Å². The Labute approximate surface area is 303 Å². The Morgan fingerprint density at radius 1 is 1.02 bits per heavy atom. The second-order valence-electron chi connectivity index (χ2n) is 16.6. The molecule has 2 saturated heterocycles. The molecule has 3 fully saturated rings. The molecule has 4 aromatic rings. The van der Waals surface area contributed by atoms with Crippen molar-refractivity contribution in [2.75, 3.05) is 13.1 Å². The minimum Gasteiger partial charge on any atom is -0.619 e. The first-order valence-corrected chi connectivity index (χ1v) is 18.7. The van der Waals surface area contributed by atoms with Crippen LogP contribution in [0.25, 0.3) is 22.2 Å². The monoisotopic (exact) mass is 693 g/mol. The maximum atomic E-state index is 14.3. The fraction of sp³-hybridized carbons (Fsp3) is 0.524. The van der Waals surface area contributed by atoms with E-state index in [1.54, 1.807) is 10.8 Å². The largest absolute Gasteiger partial charge is 0.619 e. The molecule has 2 atom stereocenters. The van der Waals surface area contributed by atoms with Crippen LogP contribution < -0.4 is 10.0 Å². The topological polar surface area (TPSA) is 103 Å². The van der Waals surface area contributed by atoms with Gasteiger partial charge in [0.05, 0.1) is 28.5 Å². The lowest BCUT2D eigenvalue weighted by Crippen LogP contribution is -2.55. The molecule has 1 amide bonds. The van der Waals surface area contributed by atoms with Crippen LogP contribution in [0.5, 0.6) is 0 Å². The van der Waals surface area contributed by atoms with E-state index < -0.39 is 17.1 Å². The number of ether oxygens (including phenoxy) is 1. The summed E-state index contributed by atoms with van der Waals surface area (Å²) in [7, 11) is 0. The molecule has 51 heavy (non-hydrogen) atoms. The summed E-state index contributed by atoms with van der Waals surface area (Å²) in [4.78, 5) is 35.7. The number of carbonyl (C=O) groups excluding carboxylic acids is 2. The highest BCUT2D eigenvalue weighted by atomic mass is 16.6. The average Bonchev–Trinajstić information content (AvgIpc) is 3.43. The van der Waals surface area contributed by atoms with E-state index in [0.29, 0.717) is 29.7 Å². The van der Waals surface area contributed by atoms with Crippen molar-refractivity contribution in [3.05, 3.63) is 88.1 Å². The normalized spacial score (nSPS) is 19.0. The number of aryl methyl sites for hydroxylation is 2. The van der Waals surface area contributed by atoms with Gasteiger partial charge in [0.15, 0.2) is 12.4 Å². The first-order chi connectivity index (χ1) is 24.1. The molecule has 9 nitrogen and oxygen atoms in total. The van der Waals surface area contributed by atoms with Gasteiger partial charge in [-0.1, -0.05) is 31.0 Å². The zero-order valence-corrected chi connectivity index (χ0v) is 31.9. The van der Waals surface area contributed by atoms with Crippen LogP contribution in [-0.4, -0.2) is 51.2 Å². The number of hydrogen-bond acceptors (Lipinski definition) is 6. The van der Waals surface area contributed by atoms with E-state index in [4.69, 9.17) is 9.72 Å². The van der Waals surface area contributed by atoms with Crippen molar-refractivity contribution in [2.45, 2.75) is 123 Å². The zero-order valence-electron chi connectivity index (χ0n) is 31.9. The molecule has 1 saturated carbocycles. The van der Waals surface area contributed by atoms with E-state index in [2.05, 4.69) is 62.2 Å². The van der Waals surface area contributed by atoms with Crippen molar-refractivity contribution < 1.29 is 19.1 Å². The SMILES string of the molecule is CCC(NCC(C)c1c(-c2cc(C)cc(C)c2)n(C(=O)OC(C)(C)C)c2cnc(C(C)(C)C(=O)N3CC4CCC3CC4)cc12)c1cc[n+]([O-])cc1. The molecule has 2 aliphatic heterocycles. The molecular weight excluding hydrogens is 638 g/mol. The standard InChI is InChI=1S/C42H55N5O4/c1-10-34(30-15-17-45(50)18-16-30)43-23-28(4)37-33-22-36(42(8,9)39(48)46-25-29-11-13-32(46)14-12-29)44-24-35(33)47(40(49)51-41(5,6)7)38(37)31-20-26(2)19-27(3)21-31/h15-22,24,28-29,32,34,43H,10-14,23,25H2,1-9H3. The Morgan fingerprint density at radius 2 is 1.67 bits per heavy atom. The second-order valence-corrected chi connectivity index (χ2v) is 16.6. The average molecular weight is 694 g/mol. The Balaban J connectivity index is 1.51. The Hall–Kier alpha value is -4.24. The quantitative estimate of drug-likeness (QED) is 0.140. The number of nitrogens with zero attached hydrogens (tertiary/aromatic N) is 4. The molecular formula is C42H55N5O4. The molecule has 0 spiro atoms. The van der Waals surface area contributed by atoms with Crippen LogP contribution in [0.1, 0.15) is 120 Å². The third-order valence-electron chi connectivity index (χ3n) is 10.9. The zero-order chi connectivity index (χ0) is 36.8. The van der Waals surface area contributed by atoms with E-state index in [1.807, 2.05) is 46.8 Å². The third-order valence-corrected chi connectivity index (χ3v) is 10.9. The summed E-state index contributed by atoms with van der Waals surface area (Å²) < 4.78 is 8.56. The van der Waals surface area contributed by atoms with Crippen molar-refractivity contribution >= 4 is 22.9 Å². The molecule has 2 bridgehead atoms. The fourth-order valence-electron chi connectivity index (χ4n) is 8.30. The van der Waals surface area contributed by atoms with Gasteiger partial charge in [-0.2, -0.15) is 4.73 Å². The number of benzene rings is 1. The van der Waals surface area contributed by atoms with Crippen molar-refractivity contribution in [1.82, 2.24) is 19.8 Å². The van der Waals surface area contributed by atoms with Gasteiger partial charge in [0.25, 0.3) is 0 Å². The molecule has 9 heteroatoms. The van der Waals surface area contributed by atoms with E-state index >= 15 is 0 Å². The Bertz CT molecular complexity index is 1890. The fourth-order valence-corrected chi connectivity index (χ4v) is 8.30. The summed E-state index contributed by atoms with van der Waals surface area (Å²) in [6, 6.07) is 12.5. The molecule has 5 heterocycles. The van der Waals surface area contributed by atoms with Gasteiger partial charge in [-0.05, 0) is 127 Å². The van der Waals surface area contributed by atoms with Gasteiger partial charge in [0.1, 0.15) is 5.60 Å².